The SMILES string of the molecule is CCC/C=C(\C(CCC)CCC1CCC1)N1C[C@@H](CC)[C@@H]1[C@@H](CC1CCC1)c1ccccc1C. The molecule has 1 aliphatic heterocycles. The molecule has 0 bridgehead atoms. The molecule has 1 nitrogen and oxygen atoms in total. The van der Waals surface area contributed by atoms with E-state index in [1.54, 1.807) is 11.3 Å². The van der Waals surface area contributed by atoms with Gasteiger partial charge in [0.25, 0.3) is 0 Å². The molecule has 0 N–H and O–H groups in total. The van der Waals surface area contributed by atoms with Gasteiger partial charge in [-0.25, -0.2) is 0 Å². The highest BCUT2D eigenvalue weighted by Crippen LogP contribution is 2.48. The zero-order valence-corrected chi connectivity index (χ0v) is 22.9. The van der Waals surface area contributed by atoms with Crippen LogP contribution in [0.25, 0.3) is 0 Å². The van der Waals surface area contributed by atoms with Crippen LogP contribution in [0.2, 0.25) is 0 Å². The van der Waals surface area contributed by atoms with Gasteiger partial charge in [-0.3, -0.25) is 0 Å². The minimum atomic E-state index is 0.698. The van der Waals surface area contributed by atoms with Crippen LogP contribution in [-0.2, 0) is 0 Å². The molecule has 0 radical (unpaired) electrons. The highest BCUT2D eigenvalue weighted by Gasteiger charge is 2.46. The summed E-state index contributed by atoms with van der Waals surface area (Å²) in [6, 6.07) is 10.1. The van der Waals surface area contributed by atoms with E-state index in [2.05, 4.69) is 62.9 Å². The summed E-state index contributed by atoms with van der Waals surface area (Å²) in [5, 5.41) is 0. The second-order valence-corrected chi connectivity index (χ2v) is 12.1. The third-order valence-corrected chi connectivity index (χ3v) is 9.79. The standard InChI is InChI=1S/C33H53N/c1-5-8-20-32(29(13-6-2)22-21-26-15-11-16-26)34-24-28(7-3)33(34)31(23-27-17-12-18-27)30-19-10-9-14-25(30)4/h9-10,14,19-20,26-29,31,33H,5-8,11-13,15-18,21-24H2,1-4H3/b32-20+/t28-,29?,31+,33-/m1/s1. The maximum atomic E-state index is 2.96. The molecule has 0 aromatic heterocycles. The Balaban J connectivity index is 1.61. The van der Waals surface area contributed by atoms with Crippen LogP contribution in [0, 0.1) is 30.6 Å². The molecule has 1 aromatic carbocycles. The molecule has 2 aliphatic carbocycles. The van der Waals surface area contributed by atoms with Gasteiger partial charge in [-0.05, 0) is 80.2 Å². The van der Waals surface area contributed by atoms with Gasteiger partial charge in [-0.2, -0.15) is 0 Å². The molecule has 1 unspecified atom stereocenters. The molecule has 190 valence electrons. The van der Waals surface area contributed by atoms with E-state index in [0.29, 0.717) is 12.0 Å². The summed E-state index contributed by atoms with van der Waals surface area (Å²) in [7, 11) is 0. The Morgan fingerprint density at radius 2 is 1.71 bits per heavy atom. The lowest BCUT2D eigenvalue weighted by atomic mass is 9.67. The predicted molar refractivity (Wildman–Crippen MR) is 148 cm³/mol. The number of nitrogens with zero attached hydrogens (tertiary/aromatic N) is 1. The lowest BCUT2D eigenvalue weighted by Gasteiger charge is -2.56. The van der Waals surface area contributed by atoms with Crippen molar-refractivity contribution in [2.45, 2.75) is 130 Å². The van der Waals surface area contributed by atoms with E-state index in [4.69, 9.17) is 0 Å². The summed E-state index contributed by atoms with van der Waals surface area (Å²) in [5.74, 6) is 4.31. The smallest absolute Gasteiger partial charge is 0.0400 e. The Kier molecular flexibility index (Phi) is 9.61. The molecule has 0 spiro atoms. The first-order valence-corrected chi connectivity index (χ1v) is 15.2. The van der Waals surface area contributed by atoms with Gasteiger partial charge in [-0.1, -0.05) is 102 Å². The molecule has 1 heterocycles. The summed E-state index contributed by atoms with van der Waals surface area (Å²) in [4.78, 5) is 2.96. The Hall–Kier alpha value is -1.24. The fourth-order valence-electron chi connectivity index (χ4n) is 7.15. The topological polar surface area (TPSA) is 3.24 Å². The molecular weight excluding hydrogens is 410 g/mol. The zero-order valence-electron chi connectivity index (χ0n) is 22.9. The van der Waals surface area contributed by atoms with Gasteiger partial charge in [-0.15, -0.1) is 0 Å². The highest BCUT2D eigenvalue weighted by molar-refractivity contribution is 5.33. The maximum Gasteiger partial charge on any atom is 0.0400 e. The molecular formula is C33H53N. The second-order valence-electron chi connectivity index (χ2n) is 12.1. The van der Waals surface area contributed by atoms with Crippen molar-refractivity contribution in [2.75, 3.05) is 6.54 Å². The van der Waals surface area contributed by atoms with Gasteiger partial charge in [0.05, 0.1) is 0 Å². The van der Waals surface area contributed by atoms with E-state index in [1.165, 1.54) is 102 Å². The van der Waals surface area contributed by atoms with Crippen molar-refractivity contribution in [1.82, 2.24) is 4.90 Å². The van der Waals surface area contributed by atoms with Crippen LogP contribution >= 0.6 is 0 Å². The lowest BCUT2D eigenvalue weighted by Crippen LogP contribution is -2.59. The molecule has 3 fully saturated rings. The zero-order chi connectivity index (χ0) is 23.9. The van der Waals surface area contributed by atoms with Crippen LogP contribution in [-0.4, -0.2) is 17.5 Å². The Morgan fingerprint density at radius 1 is 0.971 bits per heavy atom. The normalized spacial score (nSPS) is 25.4. The van der Waals surface area contributed by atoms with Gasteiger partial charge in [0.15, 0.2) is 0 Å². The number of likely N-dealkylation sites (tertiary alicyclic amines) is 1. The number of aryl methyl sites for hydroxylation is 1. The second kappa shape index (κ2) is 12.6. The van der Waals surface area contributed by atoms with Gasteiger partial charge in [0, 0.05) is 24.2 Å². The summed E-state index contributed by atoms with van der Waals surface area (Å²) in [6.45, 7) is 10.9. The average Bonchev–Trinajstić information content (AvgIpc) is 2.76. The molecule has 4 rings (SSSR count). The molecule has 4 atom stereocenters. The van der Waals surface area contributed by atoms with Crippen molar-refractivity contribution in [1.29, 1.82) is 0 Å². The number of rotatable bonds is 14. The number of hydrogen-bond acceptors (Lipinski definition) is 1. The third-order valence-electron chi connectivity index (χ3n) is 9.79. The molecule has 2 saturated carbocycles. The Labute approximate surface area is 211 Å². The van der Waals surface area contributed by atoms with Crippen molar-refractivity contribution in [3.63, 3.8) is 0 Å². The van der Waals surface area contributed by atoms with Crippen LogP contribution in [0.4, 0.5) is 0 Å². The minimum Gasteiger partial charge on any atom is -0.371 e. The third kappa shape index (κ3) is 5.93. The van der Waals surface area contributed by atoms with E-state index < -0.39 is 0 Å². The summed E-state index contributed by atoms with van der Waals surface area (Å²) in [6.07, 6.45) is 22.4. The molecule has 3 aliphatic rings. The fraction of sp³-hybridized carbons (Fsp3) is 0.758. The van der Waals surface area contributed by atoms with Gasteiger partial charge in [0.1, 0.15) is 0 Å². The largest absolute Gasteiger partial charge is 0.371 e. The first-order valence-electron chi connectivity index (χ1n) is 15.2. The fourth-order valence-corrected chi connectivity index (χ4v) is 7.15. The minimum absolute atomic E-state index is 0.698. The van der Waals surface area contributed by atoms with Crippen molar-refractivity contribution >= 4 is 0 Å². The van der Waals surface area contributed by atoms with Crippen molar-refractivity contribution in [3.8, 4) is 0 Å². The Morgan fingerprint density at radius 3 is 2.29 bits per heavy atom. The van der Waals surface area contributed by atoms with Crippen LogP contribution in [0.3, 0.4) is 0 Å². The van der Waals surface area contributed by atoms with Gasteiger partial charge in [0.2, 0.25) is 0 Å². The Bertz CT molecular complexity index is 771. The van der Waals surface area contributed by atoms with E-state index in [9.17, 15) is 0 Å². The van der Waals surface area contributed by atoms with Gasteiger partial charge < -0.3 is 4.90 Å². The number of allylic oxidation sites excluding steroid dienone is 2. The first kappa shape index (κ1) is 25.8. The van der Waals surface area contributed by atoms with Crippen molar-refractivity contribution < 1.29 is 0 Å². The van der Waals surface area contributed by atoms with E-state index in [-0.39, 0.29) is 0 Å². The quantitative estimate of drug-likeness (QED) is 0.265. The molecule has 0 amide bonds. The van der Waals surface area contributed by atoms with Crippen molar-refractivity contribution in [2.24, 2.45) is 23.7 Å². The number of hydrogen-bond donors (Lipinski definition) is 0. The molecule has 1 saturated heterocycles. The van der Waals surface area contributed by atoms with Gasteiger partial charge >= 0.3 is 0 Å². The first-order chi connectivity index (χ1) is 16.7. The number of benzene rings is 1. The summed E-state index contributed by atoms with van der Waals surface area (Å²) < 4.78 is 0. The monoisotopic (exact) mass is 463 g/mol. The molecule has 1 heteroatoms. The lowest BCUT2D eigenvalue weighted by molar-refractivity contribution is 0.00513. The summed E-state index contributed by atoms with van der Waals surface area (Å²) >= 11 is 0. The number of unbranched alkanes of at least 4 members (excludes halogenated alkanes) is 1. The van der Waals surface area contributed by atoms with Crippen LogP contribution < -0.4 is 0 Å². The summed E-state index contributed by atoms with van der Waals surface area (Å²) in [5.41, 5.74) is 4.92. The van der Waals surface area contributed by atoms with E-state index >= 15 is 0 Å². The van der Waals surface area contributed by atoms with E-state index in [0.717, 1.165) is 23.7 Å². The molecule has 1 aromatic rings. The van der Waals surface area contributed by atoms with Crippen LogP contribution in [0.1, 0.15) is 128 Å². The predicted octanol–water partition coefficient (Wildman–Crippen LogP) is 9.66. The average molecular weight is 464 g/mol. The van der Waals surface area contributed by atoms with Crippen LogP contribution in [0.15, 0.2) is 36.0 Å². The maximum absolute atomic E-state index is 2.96. The highest BCUT2D eigenvalue weighted by atomic mass is 15.2. The van der Waals surface area contributed by atoms with Crippen LogP contribution in [0.5, 0.6) is 0 Å². The van der Waals surface area contributed by atoms with E-state index in [1.807, 2.05) is 0 Å². The van der Waals surface area contributed by atoms with Crippen molar-refractivity contribution in [3.05, 3.63) is 47.2 Å². The molecule has 34 heavy (non-hydrogen) atoms.